The summed E-state index contributed by atoms with van der Waals surface area (Å²) in [5.41, 5.74) is 7.92. The van der Waals surface area contributed by atoms with Crippen molar-refractivity contribution in [3.8, 4) is 0 Å². The van der Waals surface area contributed by atoms with E-state index in [1.54, 1.807) is 7.11 Å². The second kappa shape index (κ2) is 8.29. The number of nitrogen functional groups attached to an aromatic ring is 1. The van der Waals surface area contributed by atoms with Gasteiger partial charge in [-0.3, -0.25) is 0 Å². The van der Waals surface area contributed by atoms with E-state index in [0.29, 0.717) is 11.9 Å². The Bertz CT molecular complexity index is 480. The van der Waals surface area contributed by atoms with Gasteiger partial charge in [-0.1, -0.05) is 6.92 Å². The molecule has 1 aromatic rings. The SMILES string of the molecule is CCc1c(C)nc(N)nc1NCC1CCN(CCCOC)C1. The molecular formula is C16H29N5O. The molecule has 1 saturated heterocycles. The van der Waals surface area contributed by atoms with Crippen LogP contribution in [-0.4, -0.2) is 54.8 Å². The van der Waals surface area contributed by atoms with E-state index in [1.807, 2.05) is 6.92 Å². The summed E-state index contributed by atoms with van der Waals surface area (Å²) in [5.74, 6) is 1.93. The summed E-state index contributed by atoms with van der Waals surface area (Å²) in [4.78, 5) is 11.1. The maximum Gasteiger partial charge on any atom is 0.222 e. The van der Waals surface area contributed by atoms with Crippen molar-refractivity contribution < 1.29 is 4.74 Å². The summed E-state index contributed by atoms with van der Waals surface area (Å²) in [7, 11) is 1.76. The zero-order chi connectivity index (χ0) is 15.9. The Morgan fingerprint density at radius 3 is 2.95 bits per heavy atom. The largest absolute Gasteiger partial charge is 0.385 e. The average molecular weight is 307 g/mol. The summed E-state index contributed by atoms with van der Waals surface area (Å²) in [5, 5.41) is 3.49. The van der Waals surface area contributed by atoms with Gasteiger partial charge in [-0.05, 0) is 38.6 Å². The van der Waals surface area contributed by atoms with Gasteiger partial charge in [0.15, 0.2) is 0 Å². The molecule has 22 heavy (non-hydrogen) atoms. The molecule has 2 heterocycles. The first kappa shape index (κ1) is 17.0. The van der Waals surface area contributed by atoms with Crippen LogP contribution in [0, 0.1) is 12.8 Å². The summed E-state index contributed by atoms with van der Waals surface area (Å²) < 4.78 is 5.12. The van der Waals surface area contributed by atoms with E-state index in [2.05, 4.69) is 27.1 Å². The molecule has 0 radical (unpaired) electrons. The smallest absolute Gasteiger partial charge is 0.222 e. The topological polar surface area (TPSA) is 76.3 Å². The lowest BCUT2D eigenvalue weighted by Crippen LogP contribution is -2.25. The van der Waals surface area contributed by atoms with Crippen LogP contribution in [-0.2, 0) is 11.2 Å². The highest BCUT2D eigenvalue weighted by Crippen LogP contribution is 2.21. The Balaban J connectivity index is 1.84. The first-order valence-corrected chi connectivity index (χ1v) is 8.22. The van der Waals surface area contributed by atoms with Crippen molar-refractivity contribution in [1.82, 2.24) is 14.9 Å². The minimum atomic E-state index is 0.352. The summed E-state index contributed by atoms with van der Waals surface area (Å²) in [6.45, 7) is 9.38. The fourth-order valence-electron chi connectivity index (χ4n) is 3.14. The van der Waals surface area contributed by atoms with Gasteiger partial charge in [-0.15, -0.1) is 0 Å². The standard InChI is InChI=1S/C16H29N5O/c1-4-14-12(2)19-16(17)20-15(14)18-10-13-6-8-21(11-13)7-5-9-22-3/h13H,4-11H2,1-3H3,(H3,17,18,19,20). The number of anilines is 2. The number of methoxy groups -OCH3 is 1. The van der Waals surface area contributed by atoms with Crippen LogP contribution in [0.5, 0.6) is 0 Å². The average Bonchev–Trinajstić information content (AvgIpc) is 2.93. The van der Waals surface area contributed by atoms with Gasteiger partial charge in [0, 0.05) is 44.6 Å². The lowest BCUT2D eigenvalue weighted by Gasteiger charge is -2.17. The molecule has 0 aromatic carbocycles. The number of hydrogen-bond acceptors (Lipinski definition) is 6. The van der Waals surface area contributed by atoms with Gasteiger partial charge in [0.25, 0.3) is 0 Å². The van der Waals surface area contributed by atoms with Gasteiger partial charge in [0.05, 0.1) is 0 Å². The van der Waals surface area contributed by atoms with Crippen LogP contribution in [0.3, 0.4) is 0 Å². The fraction of sp³-hybridized carbons (Fsp3) is 0.750. The van der Waals surface area contributed by atoms with Crippen LogP contribution in [0.2, 0.25) is 0 Å². The zero-order valence-corrected chi connectivity index (χ0v) is 14.1. The lowest BCUT2D eigenvalue weighted by molar-refractivity contribution is 0.178. The fourth-order valence-corrected chi connectivity index (χ4v) is 3.14. The Hall–Kier alpha value is -1.40. The maximum atomic E-state index is 5.77. The van der Waals surface area contributed by atoms with Crippen LogP contribution in [0.1, 0.15) is 31.0 Å². The van der Waals surface area contributed by atoms with Crippen molar-refractivity contribution in [2.75, 3.05) is 50.9 Å². The maximum absolute atomic E-state index is 5.77. The molecule has 1 aromatic heterocycles. The number of aryl methyl sites for hydroxylation is 1. The molecule has 3 N–H and O–H groups in total. The van der Waals surface area contributed by atoms with E-state index >= 15 is 0 Å². The zero-order valence-electron chi connectivity index (χ0n) is 14.1. The number of nitrogens with two attached hydrogens (primary N) is 1. The van der Waals surface area contributed by atoms with Crippen LogP contribution < -0.4 is 11.1 Å². The molecule has 1 aliphatic rings. The van der Waals surface area contributed by atoms with Crippen LogP contribution in [0.15, 0.2) is 0 Å². The quantitative estimate of drug-likeness (QED) is 0.712. The molecule has 0 bridgehead atoms. The van der Waals surface area contributed by atoms with Crippen LogP contribution in [0.25, 0.3) is 0 Å². The Labute approximate surface area is 133 Å². The van der Waals surface area contributed by atoms with E-state index in [-0.39, 0.29) is 0 Å². The van der Waals surface area contributed by atoms with Crippen molar-refractivity contribution in [3.05, 3.63) is 11.3 Å². The van der Waals surface area contributed by atoms with Crippen molar-refractivity contribution in [2.45, 2.75) is 33.1 Å². The third kappa shape index (κ3) is 4.55. The molecule has 0 spiro atoms. The highest BCUT2D eigenvalue weighted by atomic mass is 16.5. The third-order valence-electron chi connectivity index (χ3n) is 4.34. The number of hydrogen-bond donors (Lipinski definition) is 2. The molecule has 6 heteroatoms. The van der Waals surface area contributed by atoms with Gasteiger partial charge in [-0.25, -0.2) is 4.98 Å². The van der Waals surface area contributed by atoms with E-state index in [1.165, 1.54) is 18.5 Å². The van der Waals surface area contributed by atoms with Gasteiger partial charge in [-0.2, -0.15) is 4.98 Å². The van der Waals surface area contributed by atoms with Crippen molar-refractivity contribution in [1.29, 1.82) is 0 Å². The molecule has 0 aliphatic carbocycles. The van der Waals surface area contributed by atoms with Crippen LogP contribution >= 0.6 is 0 Å². The van der Waals surface area contributed by atoms with E-state index in [0.717, 1.165) is 50.6 Å². The van der Waals surface area contributed by atoms with E-state index in [4.69, 9.17) is 10.5 Å². The number of ether oxygens (including phenoxy) is 1. The number of nitrogens with zero attached hydrogens (tertiary/aromatic N) is 3. The van der Waals surface area contributed by atoms with Gasteiger partial charge in [0.1, 0.15) is 5.82 Å². The third-order valence-corrected chi connectivity index (χ3v) is 4.34. The summed E-state index contributed by atoms with van der Waals surface area (Å²) in [6.07, 6.45) is 3.27. The molecule has 124 valence electrons. The predicted molar refractivity (Wildman–Crippen MR) is 90.1 cm³/mol. The summed E-state index contributed by atoms with van der Waals surface area (Å²) >= 11 is 0. The van der Waals surface area contributed by atoms with Crippen molar-refractivity contribution in [3.63, 3.8) is 0 Å². The molecule has 6 nitrogen and oxygen atoms in total. The first-order chi connectivity index (χ1) is 10.6. The molecule has 1 atom stereocenters. The van der Waals surface area contributed by atoms with Crippen molar-refractivity contribution in [2.24, 2.45) is 5.92 Å². The van der Waals surface area contributed by atoms with Gasteiger partial charge < -0.3 is 20.7 Å². The normalized spacial score (nSPS) is 18.8. The van der Waals surface area contributed by atoms with E-state index < -0.39 is 0 Å². The Kier molecular flexibility index (Phi) is 6.39. The summed E-state index contributed by atoms with van der Waals surface area (Å²) in [6, 6.07) is 0. The molecular weight excluding hydrogens is 278 g/mol. The second-order valence-corrected chi connectivity index (χ2v) is 6.03. The molecule has 1 fully saturated rings. The van der Waals surface area contributed by atoms with Gasteiger partial charge >= 0.3 is 0 Å². The molecule has 1 aliphatic heterocycles. The number of aromatic nitrogens is 2. The molecule has 0 amide bonds. The monoisotopic (exact) mass is 307 g/mol. The Morgan fingerprint density at radius 2 is 2.23 bits per heavy atom. The highest BCUT2D eigenvalue weighted by Gasteiger charge is 2.22. The minimum Gasteiger partial charge on any atom is -0.385 e. The lowest BCUT2D eigenvalue weighted by atomic mass is 10.1. The second-order valence-electron chi connectivity index (χ2n) is 6.03. The Morgan fingerprint density at radius 1 is 1.41 bits per heavy atom. The van der Waals surface area contributed by atoms with E-state index in [9.17, 15) is 0 Å². The molecule has 2 rings (SSSR count). The predicted octanol–water partition coefficient (Wildman–Crippen LogP) is 1.70. The number of likely N-dealkylation sites (tertiary alicyclic amines) is 1. The van der Waals surface area contributed by atoms with Gasteiger partial charge in [0.2, 0.25) is 5.95 Å². The highest BCUT2D eigenvalue weighted by molar-refractivity contribution is 5.49. The van der Waals surface area contributed by atoms with Crippen LogP contribution in [0.4, 0.5) is 11.8 Å². The molecule has 1 unspecified atom stereocenters. The molecule has 0 saturated carbocycles. The number of rotatable bonds is 8. The first-order valence-electron chi connectivity index (χ1n) is 8.22. The number of nitrogens with one attached hydrogen (secondary N) is 1. The minimum absolute atomic E-state index is 0.352. The van der Waals surface area contributed by atoms with Crippen molar-refractivity contribution >= 4 is 11.8 Å².